The minimum absolute atomic E-state index is 0.00925. The molecule has 0 unspecified atom stereocenters. The largest absolute Gasteiger partial charge is 0.461 e. The fraction of sp³-hybridized carbons (Fsp3) is 0.417. The van der Waals surface area contributed by atoms with Crippen LogP contribution in [0.5, 0.6) is 6.01 Å². The van der Waals surface area contributed by atoms with E-state index in [0.717, 1.165) is 0 Å². The molecule has 0 radical (unpaired) electrons. The number of carbonyl (C=O) groups excluding carboxylic acids is 1. The van der Waals surface area contributed by atoms with Gasteiger partial charge in [-0.15, -0.1) is 0 Å². The van der Waals surface area contributed by atoms with Crippen molar-refractivity contribution in [2.24, 2.45) is 5.41 Å². The summed E-state index contributed by atoms with van der Waals surface area (Å²) in [5.74, 6) is -0.255. The van der Waals surface area contributed by atoms with Gasteiger partial charge in [0, 0.05) is 24.9 Å². The van der Waals surface area contributed by atoms with Gasteiger partial charge in [0.25, 0.3) is 0 Å². The van der Waals surface area contributed by atoms with Gasteiger partial charge < -0.3 is 34.7 Å². The zero-order valence-electron chi connectivity index (χ0n) is 19.7. The summed E-state index contributed by atoms with van der Waals surface area (Å²) >= 11 is 0. The Morgan fingerprint density at radius 2 is 1.94 bits per heavy atom. The van der Waals surface area contributed by atoms with Crippen LogP contribution in [0.15, 0.2) is 36.5 Å². The molecule has 2 aromatic heterocycles. The number of imidazole rings is 1. The lowest BCUT2D eigenvalue weighted by Crippen LogP contribution is -2.48. The number of aliphatic hydroxyl groups excluding tert-OH is 2. The Bertz CT molecular complexity index is 1160. The lowest BCUT2D eigenvalue weighted by Gasteiger charge is -2.35. The van der Waals surface area contributed by atoms with Crippen molar-refractivity contribution in [2.45, 2.75) is 19.6 Å². The quantitative estimate of drug-likeness (QED) is 0.304. The Hall–Kier alpha value is -3.45. The van der Waals surface area contributed by atoms with Crippen molar-refractivity contribution in [3.8, 4) is 28.7 Å². The lowest BCUT2D eigenvalue weighted by molar-refractivity contribution is -0.231. The number of aliphatic hydroxyl groups is 2. The molecule has 1 amide bonds. The molecule has 4 rings (SSSR count). The van der Waals surface area contributed by atoms with Crippen LogP contribution in [0.1, 0.15) is 25.5 Å². The molecule has 1 aromatic carbocycles. The molecule has 0 spiro atoms. The van der Waals surface area contributed by atoms with Crippen molar-refractivity contribution in [3.05, 3.63) is 48.2 Å². The number of ether oxygens (including phenoxy) is 3. The minimum Gasteiger partial charge on any atom is -0.461 e. The number of hydrogen-bond acceptors (Lipinski definition) is 9. The molecule has 192 valence electrons. The van der Waals surface area contributed by atoms with Gasteiger partial charge in [-0.05, 0) is 43.7 Å². The molecule has 4 N–H and O–H groups in total. The minimum atomic E-state index is -0.896. The number of halogens is 1. The van der Waals surface area contributed by atoms with E-state index < -0.39 is 11.7 Å². The molecule has 3 aromatic rings. The van der Waals surface area contributed by atoms with Crippen LogP contribution >= 0.6 is 0 Å². The Morgan fingerprint density at radius 3 is 2.64 bits per heavy atom. The van der Waals surface area contributed by atoms with Gasteiger partial charge in [0.1, 0.15) is 12.4 Å². The highest BCUT2D eigenvalue weighted by Gasteiger charge is 2.40. The first kappa shape index (κ1) is 25.6. The Kier molecular flexibility index (Phi) is 8.21. The molecular weight excluding hydrogens is 473 g/mol. The van der Waals surface area contributed by atoms with Crippen molar-refractivity contribution < 1.29 is 33.6 Å². The van der Waals surface area contributed by atoms with Gasteiger partial charge in [-0.25, -0.2) is 14.4 Å². The average Bonchev–Trinajstić information content (AvgIpc) is 3.34. The van der Waals surface area contributed by atoms with E-state index >= 15 is 0 Å². The Balaban J connectivity index is 1.59. The lowest BCUT2D eigenvalue weighted by atomic mass is 9.91. The summed E-state index contributed by atoms with van der Waals surface area (Å²) in [5.41, 5.74) is 1.19. The fourth-order valence-corrected chi connectivity index (χ4v) is 3.58. The van der Waals surface area contributed by atoms with E-state index in [1.54, 1.807) is 25.1 Å². The molecule has 1 fully saturated rings. The third-order valence-electron chi connectivity index (χ3n) is 5.55. The second-order valence-electron chi connectivity index (χ2n) is 8.50. The van der Waals surface area contributed by atoms with Gasteiger partial charge in [-0.1, -0.05) is 0 Å². The summed E-state index contributed by atoms with van der Waals surface area (Å²) < 4.78 is 30.6. The van der Waals surface area contributed by atoms with E-state index in [9.17, 15) is 9.18 Å². The number of amides is 1. The molecule has 1 saturated heterocycles. The molecule has 0 aliphatic carbocycles. The van der Waals surface area contributed by atoms with Crippen molar-refractivity contribution in [1.29, 1.82) is 0 Å². The van der Waals surface area contributed by atoms with E-state index in [1.807, 2.05) is 0 Å². The number of H-pyrrole nitrogens is 1. The summed E-state index contributed by atoms with van der Waals surface area (Å²) in [6, 6.07) is 7.59. The summed E-state index contributed by atoms with van der Waals surface area (Å²) in [4.78, 5) is 28.8. The predicted octanol–water partition coefficient (Wildman–Crippen LogP) is 1.59. The molecule has 0 saturated carbocycles. The third-order valence-corrected chi connectivity index (χ3v) is 5.55. The van der Waals surface area contributed by atoms with Crippen LogP contribution in [0.4, 0.5) is 4.39 Å². The van der Waals surface area contributed by atoms with Crippen molar-refractivity contribution in [3.63, 3.8) is 0 Å². The van der Waals surface area contributed by atoms with E-state index in [1.165, 1.54) is 18.3 Å². The molecule has 11 nitrogen and oxygen atoms in total. The number of aromatic amines is 1. The predicted molar refractivity (Wildman–Crippen MR) is 125 cm³/mol. The second-order valence-corrected chi connectivity index (χ2v) is 8.50. The molecule has 12 heteroatoms. The highest BCUT2D eigenvalue weighted by molar-refractivity contribution is 5.82. The molecule has 36 heavy (non-hydrogen) atoms. The molecule has 1 aliphatic heterocycles. The second kappa shape index (κ2) is 11.5. The van der Waals surface area contributed by atoms with E-state index in [4.69, 9.17) is 24.4 Å². The zero-order chi connectivity index (χ0) is 25.5. The van der Waals surface area contributed by atoms with Crippen molar-refractivity contribution >= 4 is 5.91 Å². The maximum atomic E-state index is 13.6. The first-order valence-corrected chi connectivity index (χ1v) is 11.5. The van der Waals surface area contributed by atoms with Gasteiger partial charge in [0.05, 0.1) is 42.3 Å². The third kappa shape index (κ3) is 5.85. The monoisotopic (exact) mass is 501 g/mol. The number of aromatic nitrogens is 4. The Labute approximate surface area is 206 Å². The van der Waals surface area contributed by atoms with Crippen LogP contribution in [0.25, 0.3) is 22.6 Å². The summed E-state index contributed by atoms with van der Waals surface area (Å²) in [7, 11) is 0. The van der Waals surface area contributed by atoms with Gasteiger partial charge in [0.15, 0.2) is 5.82 Å². The van der Waals surface area contributed by atoms with E-state index in [0.29, 0.717) is 41.4 Å². The van der Waals surface area contributed by atoms with Crippen molar-refractivity contribution in [2.75, 3.05) is 39.6 Å². The van der Waals surface area contributed by atoms with E-state index in [-0.39, 0.29) is 50.8 Å². The SMILES string of the molecule is CC1(C(=O)NCCCO)COC(c2nc(-c3ccc(F)cc3)c(-c3ccnc(OCCO)n3)[nH]2)OC1. The maximum Gasteiger partial charge on any atom is 0.317 e. The molecule has 0 bridgehead atoms. The van der Waals surface area contributed by atoms with Crippen LogP contribution in [0.3, 0.4) is 0 Å². The molecule has 0 atom stereocenters. The van der Waals surface area contributed by atoms with Gasteiger partial charge in [0.2, 0.25) is 12.2 Å². The molecule has 1 aliphatic rings. The van der Waals surface area contributed by atoms with E-state index in [2.05, 4.69) is 25.3 Å². The first-order valence-electron chi connectivity index (χ1n) is 11.5. The molecular formula is C24H28FN5O6. The normalized spacial score (nSPS) is 19.7. The van der Waals surface area contributed by atoms with Crippen LogP contribution in [-0.4, -0.2) is 75.6 Å². The standard InChI is InChI=1S/C24H28FN5O6/c1-24(22(33)26-8-2-10-31)13-35-21(36-14-24)20-29-18(15-3-5-16(25)6-4-15)19(30-20)17-7-9-27-23(28-17)34-12-11-32/h3-7,9,21,31-32H,2,8,10-14H2,1H3,(H,26,33)(H,29,30). The summed E-state index contributed by atoms with van der Waals surface area (Å²) in [6.07, 6.45) is 1.10. The summed E-state index contributed by atoms with van der Waals surface area (Å²) in [5, 5.41) is 20.7. The molecule has 3 heterocycles. The van der Waals surface area contributed by atoms with Crippen LogP contribution in [-0.2, 0) is 14.3 Å². The smallest absolute Gasteiger partial charge is 0.317 e. The number of rotatable bonds is 10. The van der Waals surface area contributed by atoms with Crippen molar-refractivity contribution in [1.82, 2.24) is 25.3 Å². The van der Waals surface area contributed by atoms with Crippen LogP contribution in [0, 0.1) is 11.2 Å². The fourth-order valence-electron chi connectivity index (χ4n) is 3.58. The highest BCUT2D eigenvalue weighted by Crippen LogP contribution is 2.35. The number of benzene rings is 1. The number of nitrogens with zero attached hydrogens (tertiary/aromatic N) is 3. The maximum absolute atomic E-state index is 13.6. The Morgan fingerprint density at radius 1 is 1.19 bits per heavy atom. The van der Waals surface area contributed by atoms with Gasteiger partial charge in [-0.2, -0.15) is 4.98 Å². The van der Waals surface area contributed by atoms with Gasteiger partial charge >= 0.3 is 6.01 Å². The topological polar surface area (TPSA) is 152 Å². The van der Waals surface area contributed by atoms with Crippen LogP contribution in [0.2, 0.25) is 0 Å². The average molecular weight is 502 g/mol. The number of carbonyl (C=O) groups is 1. The van der Waals surface area contributed by atoms with Gasteiger partial charge in [-0.3, -0.25) is 4.79 Å². The first-order chi connectivity index (χ1) is 17.4. The highest BCUT2D eigenvalue weighted by atomic mass is 19.1. The number of hydrogen-bond donors (Lipinski definition) is 4. The zero-order valence-corrected chi connectivity index (χ0v) is 19.7. The number of nitrogens with one attached hydrogen (secondary N) is 2. The summed E-state index contributed by atoms with van der Waals surface area (Å²) in [6.45, 7) is 2.14. The van der Waals surface area contributed by atoms with Crippen LogP contribution < -0.4 is 10.1 Å².